The fraction of sp³-hybridized carbons (Fsp3) is 0.286. The van der Waals surface area contributed by atoms with Gasteiger partial charge in [-0.3, -0.25) is 0 Å². The minimum absolute atomic E-state index is 0.206. The van der Waals surface area contributed by atoms with Gasteiger partial charge in [0.25, 0.3) is 0 Å². The SMILES string of the molecule is CC(NC(=O)NCC1(c2ccccc2F)CC1)c1cc2ccccc2o1. The van der Waals surface area contributed by atoms with E-state index < -0.39 is 0 Å². The fourth-order valence-corrected chi connectivity index (χ4v) is 3.37. The predicted octanol–water partition coefficient (Wildman–Crippen LogP) is 4.66. The third-order valence-corrected chi connectivity index (χ3v) is 5.11. The highest BCUT2D eigenvalue weighted by molar-refractivity contribution is 5.78. The summed E-state index contributed by atoms with van der Waals surface area (Å²) in [6.45, 7) is 2.30. The Kier molecular flexibility index (Phi) is 4.15. The van der Waals surface area contributed by atoms with Crippen LogP contribution in [0, 0.1) is 5.82 Å². The third-order valence-electron chi connectivity index (χ3n) is 5.11. The second-order valence-electron chi connectivity index (χ2n) is 7.00. The molecule has 1 aliphatic rings. The molecule has 2 aromatic carbocycles. The molecule has 0 spiro atoms. The molecule has 0 saturated heterocycles. The summed E-state index contributed by atoms with van der Waals surface area (Å²) in [5, 5.41) is 6.78. The van der Waals surface area contributed by atoms with Crippen LogP contribution in [0.4, 0.5) is 9.18 Å². The molecule has 1 saturated carbocycles. The standard InChI is InChI=1S/C21H21FN2O2/c1-14(19-12-15-6-2-5-9-18(15)26-19)24-20(25)23-13-21(10-11-21)16-7-3-4-8-17(16)22/h2-9,12,14H,10-11,13H2,1H3,(H2,23,24,25). The van der Waals surface area contributed by atoms with Gasteiger partial charge in [0.15, 0.2) is 0 Å². The van der Waals surface area contributed by atoms with E-state index in [0.29, 0.717) is 17.9 Å². The lowest BCUT2D eigenvalue weighted by molar-refractivity contribution is 0.235. The lowest BCUT2D eigenvalue weighted by Gasteiger charge is -2.19. The number of hydrogen-bond acceptors (Lipinski definition) is 2. The number of carbonyl (C=O) groups is 1. The minimum atomic E-state index is -0.277. The lowest BCUT2D eigenvalue weighted by Crippen LogP contribution is -2.41. The lowest BCUT2D eigenvalue weighted by atomic mass is 9.95. The molecule has 1 unspecified atom stereocenters. The Bertz CT molecular complexity index is 913. The zero-order chi connectivity index (χ0) is 18.1. The third kappa shape index (κ3) is 3.17. The van der Waals surface area contributed by atoms with Gasteiger partial charge in [-0.2, -0.15) is 0 Å². The van der Waals surface area contributed by atoms with E-state index in [-0.39, 0.29) is 23.3 Å². The van der Waals surface area contributed by atoms with Crippen LogP contribution in [-0.4, -0.2) is 12.6 Å². The first-order valence-corrected chi connectivity index (χ1v) is 8.85. The predicted molar refractivity (Wildman–Crippen MR) is 98.5 cm³/mol. The number of fused-ring (bicyclic) bond motifs is 1. The molecule has 5 heteroatoms. The summed E-state index contributed by atoms with van der Waals surface area (Å²) in [5.41, 5.74) is 1.21. The highest BCUT2D eigenvalue weighted by atomic mass is 19.1. The first-order chi connectivity index (χ1) is 12.6. The van der Waals surface area contributed by atoms with Crippen molar-refractivity contribution in [1.29, 1.82) is 0 Å². The molecule has 0 aliphatic heterocycles. The van der Waals surface area contributed by atoms with E-state index in [1.165, 1.54) is 6.07 Å². The van der Waals surface area contributed by atoms with Crippen molar-refractivity contribution in [3.8, 4) is 0 Å². The van der Waals surface area contributed by atoms with Crippen LogP contribution >= 0.6 is 0 Å². The van der Waals surface area contributed by atoms with Gasteiger partial charge in [0.1, 0.15) is 17.2 Å². The van der Waals surface area contributed by atoms with Gasteiger partial charge in [-0.05, 0) is 43.5 Å². The molecule has 4 rings (SSSR count). The molecule has 1 fully saturated rings. The first-order valence-electron chi connectivity index (χ1n) is 8.85. The van der Waals surface area contributed by atoms with Gasteiger partial charge >= 0.3 is 6.03 Å². The smallest absolute Gasteiger partial charge is 0.315 e. The maximum absolute atomic E-state index is 14.0. The number of para-hydroxylation sites is 1. The van der Waals surface area contributed by atoms with E-state index in [2.05, 4.69) is 10.6 Å². The molecule has 0 radical (unpaired) electrons. The maximum Gasteiger partial charge on any atom is 0.315 e. The van der Waals surface area contributed by atoms with Crippen LogP contribution < -0.4 is 10.6 Å². The minimum Gasteiger partial charge on any atom is -0.459 e. The molecule has 1 atom stereocenters. The summed E-state index contributed by atoms with van der Waals surface area (Å²) in [5.74, 6) is 0.499. The van der Waals surface area contributed by atoms with Gasteiger partial charge in [-0.15, -0.1) is 0 Å². The Morgan fingerprint density at radius 2 is 1.92 bits per heavy atom. The average molecular weight is 352 g/mol. The van der Waals surface area contributed by atoms with E-state index >= 15 is 0 Å². The summed E-state index contributed by atoms with van der Waals surface area (Å²) in [4.78, 5) is 12.3. The Hall–Kier alpha value is -2.82. The molecule has 134 valence electrons. The summed E-state index contributed by atoms with van der Waals surface area (Å²) in [7, 11) is 0. The van der Waals surface area contributed by atoms with E-state index in [0.717, 1.165) is 23.8 Å². The van der Waals surface area contributed by atoms with Crippen molar-refractivity contribution in [2.75, 3.05) is 6.54 Å². The van der Waals surface area contributed by atoms with Gasteiger partial charge in [0.2, 0.25) is 0 Å². The van der Waals surface area contributed by atoms with Crippen molar-refractivity contribution in [3.63, 3.8) is 0 Å². The zero-order valence-corrected chi connectivity index (χ0v) is 14.6. The molecule has 3 aromatic rings. The second-order valence-corrected chi connectivity index (χ2v) is 7.00. The van der Waals surface area contributed by atoms with Crippen LogP contribution in [0.5, 0.6) is 0 Å². The quantitative estimate of drug-likeness (QED) is 0.701. The number of urea groups is 1. The highest BCUT2D eigenvalue weighted by Crippen LogP contribution is 2.48. The number of furan rings is 1. The number of amides is 2. The number of hydrogen-bond donors (Lipinski definition) is 2. The Labute approximate surface area is 151 Å². The summed E-state index contributed by atoms with van der Waals surface area (Å²) in [6.07, 6.45) is 1.76. The molecule has 2 N–H and O–H groups in total. The van der Waals surface area contributed by atoms with Gasteiger partial charge in [0, 0.05) is 17.3 Å². The van der Waals surface area contributed by atoms with Crippen molar-refractivity contribution >= 4 is 17.0 Å². The van der Waals surface area contributed by atoms with Crippen LogP contribution in [0.15, 0.2) is 59.0 Å². The first kappa shape index (κ1) is 16.6. The van der Waals surface area contributed by atoms with Crippen molar-refractivity contribution in [3.05, 3.63) is 71.7 Å². The molecule has 1 aromatic heterocycles. The fourth-order valence-electron chi connectivity index (χ4n) is 3.37. The average Bonchev–Trinajstić information content (AvgIpc) is 3.29. The van der Waals surface area contributed by atoms with Gasteiger partial charge in [-0.25, -0.2) is 9.18 Å². The molecule has 1 aliphatic carbocycles. The maximum atomic E-state index is 14.0. The number of rotatable bonds is 5. The molecule has 1 heterocycles. The summed E-state index contributed by atoms with van der Waals surface area (Å²) < 4.78 is 19.8. The van der Waals surface area contributed by atoms with Gasteiger partial charge in [0.05, 0.1) is 6.04 Å². The van der Waals surface area contributed by atoms with Crippen molar-refractivity contribution < 1.29 is 13.6 Å². The molecule has 0 bridgehead atoms. The van der Waals surface area contributed by atoms with Crippen molar-refractivity contribution in [2.45, 2.75) is 31.2 Å². The molecule has 4 nitrogen and oxygen atoms in total. The van der Waals surface area contributed by atoms with Crippen LogP contribution in [0.1, 0.15) is 37.1 Å². The number of carbonyl (C=O) groups excluding carboxylic acids is 1. The van der Waals surface area contributed by atoms with Crippen LogP contribution in [0.2, 0.25) is 0 Å². The van der Waals surface area contributed by atoms with E-state index in [1.807, 2.05) is 43.3 Å². The monoisotopic (exact) mass is 352 g/mol. The van der Waals surface area contributed by atoms with Crippen LogP contribution in [-0.2, 0) is 5.41 Å². The van der Waals surface area contributed by atoms with E-state index in [4.69, 9.17) is 4.42 Å². The van der Waals surface area contributed by atoms with E-state index in [9.17, 15) is 9.18 Å². The van der Waals surface area contributed by atoms with Crippen molar-refractivity contribution in [2.24, 2.45) is 0 Å². The number of halogens is 1. The summed E-state index contributed by atoms with van der Waals surface area (Å²) >= 11 is 0. The van der Waals surface area contributed by atoms with Crippen LogP contribution in [0.25, 0.3) is 11.0 Å². The highest BCUT2D eigenvalue weighted by Gasteiger charge is 2.46. The van der Waals surface area contributed by atoms with Gasteiger partial charge < -0.3 is 15.1 Å². The molecule has 26 heavy (non-hydrogen) atoms. The summed E-state index contributed by atoms with van der Waals surface area (Å²) in [6, 6.07) is 15.9. The largest absolute Gasteiger partial charge is 0.459 e. The number of nitrogens with one attached hydrogen (secondary N) is 2. The van der Waals surface area contributed by atoms with E-state index in [1.54, 1.807) is 12.1 Å². The molecule has 2 amide bonds. The molecular weight excluding hydrogens is 331 g/mol. The van der Waals surface area contributed by atoms with Crippen LogP contribution in [0.3, 0.4) is 0 Å². The molecular formula is C21H21FN2O2. The zero-order valence-electron chi connectivity index (χ0n) is 14.6. The van der Waals surface area contributed by atoms with Crippen molar-refractivity contribution in [1.82, 2.24) is 10.6 Å². The Balaban J connectivity index is 1.37. The van der Waals surface area contributed by atoms with Gasteiger partial charge in [-0.1, -0.05) is 36.4 Å². The number of benzene rings is 2. The normalized spacial score (nSPS) is 16.2. The topological polar surface area (TPSA) is 54.3 Å². The Morgan fingerprint density at radius 3 is 2.65 bits per heavy atom. The second kappa shape index (κ2) is 6.48. The Morgan fingerprint density at radius 1 is 1.19 bits per heavy atom.